The van der Waals surface area contributed by atoms with Gasteiger partial charge in [-0.05, 0) is 32.4 Å². The van der Waals surface area contributed by atoms with Crippen LogP contribution in [-0.2, 0) is 17.9 Å². The molecule has 1 aliphatic rings. The van der Waals surface area contributed by atoms with Gasteiger partial charge in [0.05, 0.1) is 32.8 Å². The van der Waals surface area contributed by atoms with Gasteiger partial charge < -0.3 is 14.7 Å². The van der Waals surface area contributed by atoms with Crippen LogP contribution in [0.25, 0.3) is 0 Å². The van der Waals surface area contributed by atoms with Crippen molar-refractivity contribution in [2.45, 2.75) is 39.5 Å². The maximum Gasteiger partial charge on any atom is 0.410 e. The van der Waals surface area contributed by atoms with E-state index in [0.29, 0.717) is 0 Å². The number of nitrogens with zero attached hydrogens (tertiary/aromatic N) is 1. The molecule has 5 heteroatoms. The van der Waals surface area contributed by atoms with E-state index in [9.17, 15) is 9.90 Å². The lowest BCUT2D eigenvalue weighted by Gasteiger charge is -2.33. The molecule has 0 unspecified atom stereocenters. The highest BCUT2D eigenvalue weighted by Gasteiger charge is 2.27. The number of hydrogen-bond acceptors (Lipinski definition) is 3. The molecule has 1 aliphatic heterocycles. The molecule has 0 spiro atoms. The van der Waals surface area contributed by atoms with Gasteiger partial charge in [-0.3, -0.25) is 4.90 Å². The minimum atomic E-state index is -0.439. The summed E-state index contributed by atoms with van der Waals surface area (Å²) >= 11 is 0. The molecule has 0 aliphatic carbocycles. The number of benzene rings is 1. The predicted molar refractivity (Wildman–Crippen MR) is 84.6 cm³/mol. The third-order valence-electron chi connectivity index (χ3n) is 3.75. The molecule has 1 aromatic rings. The van der Waals surface area contributed by atoms with E-state index >= 15 is 0 Å². The van der Waals surface area contributed by atoms with Crippen molar-refractivity contribution in [1.82, 2.24) is 4.90 Å². The average Bonchev–Trinajstić information content (AvgIpc) is 2.46. The van der Waals surface area contributed by atoms with Crippen molar-refractivity contribution in [3.8, 4) is 0 Å². The van der Waals surface area contributed by atoms with E-state index in [1.807, 2.05) is 39.0 Å². The van der Waals surface area contributed by atoms with Crippen molar-refractivity contribution in [1.29, 1.82) is 0 Å². The van der Waals surface area contributed by atoms with Crippen LogP contribution in [0.2, 0.25) is 0 Å². The Hall–Kier alpha value is -1.59. The number of carbonyl (C=O) groups excluding carboxylic acids is 1. The topological polar surface area (TPSA) is 54.2 Å². The number of carbonyl (C=O) groups is 1. The molecule has 2 rings (SSSR count). The summed E-state index contributed by atoms with van der Waals surface area (Å²) < 4.78 is 5.41. The van der Waals surface area contributed by atoms with Crippen LogP contribution in [0, 0.1) is 0 Å². The second-order valence-electron chi connectivity index (χ2n) is 6.87. The van der Waals surface area contributed by atoms with Crippen LogP contribution in [0.1, 0.15) is 31.9 Å². The van der Waals surface area contributed by atoms with Gasteiger partial charge in [0, 0.05) is 5.56 Å². The highest BCUT2D eigenvalue weighted by Crippen LogP contribution is 2.10. The van der Waals surface area contributed by atoms with Gasteiger partial charge in [-0.15, -0.1) is 0 Å². The van der Waals surface area contributed by atoms with E-state index in [2.05, 4.69) is 6.07 Å². The highest BCUT2D eigenvalue weighted by atomic mass is 16.6. The molecule has 1 amide bonds. The fourth-order valence-corrected chi connectivity index (χ4v) is 2.64. The molecule has 1 aromatic carbocycles. The van der Waals surface area contributed by atoms with Crippen molar-refractivity contribution >= 4 is 6.09 Å². The van der Waals surface area contributed by atoms with Gasteiger partial charge in [0.15, 0.2) is 0 Å². The van der Waals surface area contributed by atoms with Crippen molar-refractivity contribution in [3.63, 3.8) is 0 Å². The number of aliphatic hydroxyl groups excluding tert-OH is 1. The van der Waals surface area contributed by atoms with Crippen LogP contribution < -0.4 is 4.90 Å². The predicted octanol–water partition coefficient (Wildman–Crippen LogP) is 0.815. The van der Waals surface area contributed by atoms with Gasteiger partial charge in [-0.2, -0.15) is 0 Å². The molecule has 1 heterocycles. The Morgan fingerprint density at radius 2 is 1.91 bits per heavy atom. The third-order valence-corrected chi connectivity index (χ3v) is 3.75. The van der Waals surface area contributed by atoms with Crippen LogP contribution in [0.5, 0.6) is 0 Å². The largest absolute Gasteiger partial charge is 0.444 e. The number of hydrogen-bond donors (Lipinski definition) is 2. The Labute approximate surface area is 132 Å². The van der Waals surface area contributed by atoms with E-state index in [-0.39, 0.29) is 12.7 Å². The van der Waals surface area contributed by atoms with Gasteiger partial charge in [-0.25, -0.2) is 4.79 Å². The molecular formula is C17H27N2O3+. The molecule has 0 bridgehead atoms. The Morgan fingerprint density at radius 1 is 1.27 bits per heavy atom. The van der Waals surface area contributed by atoms with Gasteiger partial charge in [0.25, 0.3) is 0 Å². The number of piperazine rings is 1. The fourth-order valence-electron chi connectivity index (χ4n) is 2.64. The number of rotatable bonds is 3. The van der Waals surface area contributed by atoms with Crippen LogP contribution in [0.3, 0.4) is 0 Å². The molecule has 0 saturated carbocycles. The molecule has 2 N–H and O–H groups in total. The molecule has 122 valence electrons. The third kappa shape index (κ3) is 5.00. The maximum absolute atomic E-state index is 12.0. The zero-order valence-electron chi connectivity index (χ0n) is 13.8. The number of nitrogens with one attached hydrogen (secondary N) is 1. The summed E-state index contributed by atoms with van der Waals surface area (Å²) in [6.07, 6.45) is -0.214. The van der Waals surface area contributed by atoms with Crippen molar-refractivity contribution < 1.29 is 19.5 Å². The molecule has 0 radical (unpaired) electrons. The van der Waals surface area contributed by atoms with Crippen LogP contribution in [0.4, 0.5) is 4.79 Å². The molecule has 5 nitrogen and oxygen atoms in total. The van der Waals surface area contributed by atoms with Crippen LogP contribution in [-0.4, -0.2) is 47.9 Å². The van der Waals surface area contributed by atoms with E-state index < -0.39 is 5.60 Å². The first-order chi connectivity index (χ1) is 10.4. The van der Waals surface area contributed by atoms with E-state index in [1.54, 1.807) is 4.90 Å². The Bertz CT molecular complexity index is 503. The molecule has 1 fully saturated rings. The fraction of sp³-hybridized carbons (Fsp3) is 0.588. The standard InChI is InChI=1S/C17H26N2O3/c1-17(2,3)22-16(21)19-9-7-18(8-10-19)12-14-5-4-6-15(11-14)13-20/h4-6,11,20H,7-10,12-13H2,1-3H3/p+1. The minimum Gasteiger partial charge on any atom is -0.444 e. The average molecular weight is 307 g/mol. The normalized spacial score (nSPS) is 16.6. The molecule has 22 heavy (non-hydrogen) atoms. The first kappa shape index (κ1) is 16.8. The monoisotopic (exact) mass is 307 g/mol. The lowest BCUT2D eigenvalue weighted by atomic mass is 10.1. The number of amides is 1. The van der Waals surface area contributed by atoms with Gasteiger partial charge in [0.1, 0.15) is 12.1 Å². The lowest BCUT2D eigenvalue weighted by molar-refractivity contribution is -0.917. The summed E-state index contributed by atoms with van der Waals surface area (Å²) in [6.45, 7) is 9.96. The maximum atomic E-state index is 12.0. The number of ether oxygens (including phenoxy) is 1. The van der Waals surface area contributed by atoms with Crippen LogP contribution >= 0.6 is 0 Å². The molecule has 1 saturated heterocycles. The zero-order valence-corrected chi connectivity index (χ0v) is 13.8. The Kier molecular flexibility index (Phi) is 5.42. The second kappa shape index (κ2) is 7.11. The lowest BCUT2D eigenvalue weighted by Crippen LogP contribution is -3.13. The smallest absolute Gasteiger partial charge is 0.410 e. The number of aliphatic hydroxyl groups is 1. The Balaban J connectivity index is 1.83. The molecular weight excluding hydrogens is 280 g/mol. The SMILES string of the molecule is CC(C)(C)OC(=O)N1CC[NH+](Cc2cccc(CO)c2)CC1. The number of quaternary nitrogens is 1. The first-order valence-corrected chi connectivity index (χ1v) is 7.87. The quantitative estimate of drug-likeness (QED) is 0.869. The van der Waals surface area contributed by atoms with Gasteiger partial charge in [-0.1, -0.05) is 18.2 Å². The van der Waals surface area contributed by atoms with Crippen molar-refractivity contribution in [2.24, 2.45) is 0 Å². The van der Waals surface area contributed by atoms with Crippen molar-refractivity contribution in [3.05, 3.63) is 35.4 Å². The van der Waals surface area contributed by atoms with Gasteiger partial charge in [0.2, 0.25) is 0 Å². The molecule has 0 aromatic heterocycles. The van der Waals surface area contributed by atoms with E-state index in [0.717, 1.165) is 38.3 Å². The summed E-state index contributed by atoms with van der Waals surface area (Å²) in [6, 6.07) is 8.05. The highest BCUT2D eigenvalue weighted by molar-refractivity contribution is 5.68. The van der Waals surface area contributed by atoms with Crippen LogP contribution in [0.15, 0.2) is 24.3 Å². The van der Waals surface area contributed by atoms with E-state index in [1.165, 1.54) is 10.5 Å². The van der Waals surface area contributed by atoms with Crippen molar-refractivity contribution in [2.75, 3.05) is 26.2 Å². The summed E-state index contributed by atoms with van der Waals surface area (Å²) in [5, 5.41) is 9.19. The first-order valence-electron chi connectivity index (χ1n) is 7.87. The minimum absolute atomic E-state index is 0.0790. The second-order valence-corrected chi connectivity index (χ2v) is 6.87. The summed E-state index contributed by atoms with van der Waals surface area (Å²) in [5.41, 5.74) is 1.74. The summed E-state index contributed by atoms with van der Waals surface area (Å²) in [7, 11) is 0. The summed E-state index contributed by atoms with van der Waals surface area (Å²) in [5.74, 6) is 0. The summed E-state index contributed by atoms with van der Waals surface area (Å²) in [4.78, 5) is 15.3. The van der Waals surface area contributed by atoms with E-state index in [4.69, 9.17) is 4.74 Å². The van der Waals surface area contributed by atoms with Gasteiger partial charge >= 0.3 is 6.09 Å². The molecule has 0 atom stereocenters. The Morgan fingerprint density at radius 3 is 2.50 bits per heavy atom. The zero-order chi connectivity index (χ0) is 16.2.